The molecule has 1 saturated heterocycles. The molecular formula is C8H15N2O5P. The second kappa shape index (κ2) is 5.45. The zero-order chi connectivity index (χ0) is 12.2. The zero-order valence-corrected chi connectivity index (χ0v) is 9.51. The summed E-state index contributed by atoms with van der Waals surface area (Å²) in [7, 11) is -4.01. The summed E-state index contributed by atoms with van der Waals surface area (Å²) in [6, 6.07) is -0.631. The number of rotatable bonds is 4. The number of carboxylic acid groups (broad SMARTS) is 1. The van der Waals surface area contributed by atoms with Crippen molar-refractivity contribution in [3.63, 3.8) is 0 Å². The van der Waals surface area contributed by atoms with Crippen molar-refractivity contribution in [2.24, 2.45) is 0 Å². The van der Waals surface area contributed by atoms with Crippen LogP contribution in [0, 0.1) is 0 Å². The number of aliphatic carboxylic acids is 1. The molecule has 1 aliphatic heterocycles. The van der Waals surface area contributed by atoms with Crippen LogP contribution in [0.25, 0.3) is 0 Å². The van der Waals surface area contributed by atoms with Gasteiger partial charge in [-0.05, 0) is 6.20 Å². The number of nitrogens with zero attached hydrogens (tertiary/aromatic N) is 1. The number of allylic oxidation sites excluding steroid dienone is 1. The van der Waals surface area contributed by atoms with Crippen LogP contribution < -0.4 is 5.32 Å². The third kappa shape index (κ3) is 4.76. The lowest BCUT2D eigenvalue weighted by molar-refractivity contribution is -0.140. The molecule has 0 radical (unpaired) electrons. The number of nitrogens with one attached hydrogen (secondary N) is 1. The number of hydrogen-bond acceptors (Lipinski definition) is 4. The van der Waals surface area contributed by atoms with E-state index in [9.17, 15) is 9.36 Å². The summed E-state index contributed by atoms with van der Waals surface area (Å²) in [5, 5.41) is 11.6. The SMILES string of the molecule is O=C(O)[C@@H]1CN(C=CCP(=O)(O)O)CCN1. The summed E-state index contributed by atoms with van der Waals surface area (Å²) in [4.78, 5) is 29.7. The molecule has 16 heavy (non-hydrogen) atoms. The summed E-state index contributed by atoms with van der Waals surface area (Å²) in [5.41, 5.74) is 0. The summed E-state index contributed by atoms with van der Waals surface area (Å²) < 4.78 is 10.6. The molecule has 0 aromatic carbocycles. The molecule has 1 aliphatic rings. The van der Waals surface area contributed by atoms with Crippen molar-refractivity contribution in [1.29, 1.82) is 0 Å². The maximum Gasteiger partial charge on any atom is 0.329 e. The van der Waals surface area contributed by atoms with Crippen molar-refractivity contribution >= 4 is 13.6 Å². The fourth-order valence-corrected chi connectivity index (χ4v) is 1.78. The summed E-state index contributed by atoms with van der Waals surface area (Å²) in [6.45, 7) is 1.46. The largest absolute Gasteiger partial charge is 0.480 e. The lowest BCUT2D eigenvalue weighted by Crippen LogP contribution is -2.52. The highest BCUT2D eigenvalue weighted by Crippen LogP contribution is 2.33. The van der Waals surface area contributed by atoms with Crippen molar-refractivity contribution in [2.75, 3.05) is 25.8 Å². The van der Waals surface area contributed by atoms with E-state index in [1.165, 1.54) is 12.3 Å². The Balaban J connectivity index is 2.43. The average Bonchev–Trinajstić information content (AvgIpc) is 2.16. The van der Waals surface area contributed by atoms with Gasteiger partial charge >= 0.3 is 13.6 Å². The van der Waals surface area contributed by atoms with Crippen molar-refractivity contribution in [2.45, 2.75) is 6.04 Å². The summed E-state index contributed by atoms with van der Waals surface area (Å²) >= 11 is 0. The van der Waals surface area contributed by atoms with Gasteiger partial charge in [0.1, 0.15) is 6.04 Å². The van der Waals surface area contributed by atoms with Gasteiger partial charge < -0.3 is 25.1 Å². The van der Waals surface area contributed by atoms with E-state index in [2.05, 4.69) is 5.32 Å². The quantitative estimate of drug-likeness (QED) is 0.475. The maximum absolute atomic E-state index is 10.7. The van der Waals surface area contributed by atoms with Gasteiger partial charge in [0.15, 0.2) is 0 Å². The van der Waals surface area contributed by atoms with Gasteiger partial charge in [-0.15, -0.1) is 0 Å². The fourth-order valence-electron chi connectivity index (χ4n) is 1.41. The van der Waals surface area contributed by atoms with E-state index in [4.69, 9.17) is 14.9 Å². The number of carbonyl (C=O) groups is 1. The van der Waals surface area contributed by atoms with E-state index in [-0.39, 0.29) is 6.16 Å². The van der Waals surface area contributed by atoms with Gasteiger partial charge in [-0.25, -0.2) is 0 Å². The van der Waals surface area contributed by atoms with E-state index in [0.717, 1.165) is 0 Å². The van der Waals surface area contributed by atoms with E-state index in [1.54, 1.807) is 4.90 Å². The molecule has 0 aliphatic carbocycles. The summed E-state index contributed by atoms with van der Waals surface area (Å²) in [6.07, 6.45) is 2.58. The Bertz CT molecular complexity index is 326. The van der Waals surface area contributed by atoms with Crippen LogP contribution >= 0.6 is 7.60 Å². The molecule has 8 heteroatoms. The van der Waals surface area contributed by atoms with E-state index in [1.807, 2.05) is 0 Å². The molecule has 0 amide bonds. The second-order valence-corrected chi connectivity index (χ2v) is 5.27. The van der Waals surface area contributed by atoms with Crippen molar-refractivity contribution < 1.29 is 24.3 Å². The molecule has 0 bridgehead atoms. The first-order chi connectivity index (χ1) is 7.38. The molecular weight excluding hydrogens is 235 g/mol. The van der Waals surface area contributed by atoms with Crippen molar-refractivity contribution in [1.82, 2.24) is 10.2 Å². The first kappa shape index (κ1) is 13.2. The number of carboxylic acids is 1. The van der Waals surface area contributed by atoms with Crippen LogP contribution in [0.4, 0.5) is 0 Å². The minimum Gasteiger partial charge on any atom is -0.480 e. The Hall–Kier alpha value is -0.880. The monoisotopic (exact) mass is 250 g/mol. The minimum atomic E-state index is -4.01. The van der Waals surface area contributed by atoms with Crippen LogP contribution in [0.1, 0.15) is 0 Å². The Morgan fingerprint density at radius 1 is 1.56 bits per heavy atom. The average molecular weight is 250 g/mol. The normalized spacial score (nSPS) is 22.6. The molecule has 0 unspecified atom stereocenters. The fraction of sp³-hybridized carbons (Fsp3) is 0.625. The second-order valence-electron chi connectivity index (χ2n) is 3.57. The first-order valence-corrected chi connectivity index (χ1v) is 6.60. The number of piperazine rings is 1. The predicted molar refractivity (Wildman–Crippen MR) is 57.1 cm³/mol. The van der Waals surface area contributed by atoms with Crippen LogP contribution in [0.5, 0.6) is 0 Å². The molecule has 1 rings (SSSR count). The number of hydrogen-bond donors (Lipinski definition) is 4. The summed E-state index contributed by atoms with van der Waals surface area (Å²) in [5.74, 6) is -0.923. The Morgan fingerprint density at radius 2 is 2.25 bits per heavy atom. The maximum atomic E-state index is 10.7. The molecule has 0 saturated carbocycles. The molecule has 1 heterocycles. The molecule has 1 fully saturated rings. The molecule has 0 aromatic rings. The lowest BCUT2D eigenvalue weighted by atomic mass is 10.2. The first-order valence-electron chi connectivity index (χ1n) is 4.80. The Kier molecular flexibility index (Phi) is 4.49. The standard InChI is InChI=1S/C8H15N2O5P/c11-8(12)7-6-10(4-2-9-7)3-1-5-16(13,14)15/h1,3,7,9H,2,4-6H2,(H,11,12)(H2,13,14,15)/t7-/m0/s1. The Morgan fingerprint density at radius 3 is 2.81 bits per heavy atom. The zero-order valence-electron chi connectivity index (χ0n) is 8.61. The van der Waals surface area contributed by atoms with Gasteiger partial charge in [0, 0.05) is 19.6 Å². The molecule has 4 N–H and O–H groups in total. The highest BCUT2D eigenvalue weighted by molar-refractivity contribution is 7.51. The third-order valence-corrected chi connectivity index (χ3v) is 2.85. The molecule has 0 spiro atoms. The topological polar surface area (TPSA) is 110 Å². The highest BCUT2D eigenvalue weighted by atomic mass is 31.2. The molecule has 92 valence electrons. The Labute approximate surface area is 92.9 Å². The van der Waals surface area contributed by atoms with E-state index in [0.29, 0.717) is 19.6 Å². The smallest absolute Gasteiger partial charge is 0.329 e. The van der Waals surface area contributed by atoms with E-state index >= 15 is 0 Å². The van der Waals surface area contributed by atoms with Gasteiger partial charge in [0.05, 0.1) is 6.16 Å². The van der Waals surface area contributed by atoms with Crippen LogP contribution in [-0.4, -0.2) is 57.6 Å². The third-order valence-electron chi connectivity index (χ3n) is 2.16. The van der Waals surface area contributed by atoms with Gasteiger partial charge in [0.25, 0.3) is 0 Å². The van der Waals surface area contributed by atoms with E-state index < -0.39 is 19.6 Å². The van der Waals surface area contributed by atoms with Crippen LogP contribution in [0.2, 0.25) is 0 Å². The highest BCUT2D eigenvalue weighted by Gasteiger charge is 2.22. The van der Waals surface area contributed by atoms with Gasteiger partial charge in [-0.3, -0.25) is 9.36 Å². The van der Waals surface area contributed by atoms with Gasteiger partial charge in [-0.2, -0.15) is 0 Å². The predicted octanol–water partition coefficient (Wildman–Crippen LogP) is -0.964. The van der Waals surface area contributed by atoms with Crippen molar-refractivity contribution in [3.05, 3.63) is 12.3 Å². The van der Waals surface area contributed by atoms with Crippen molar-refractivity contribution in [3.8, 4) is 0 Å². The minimum absolute atomic E-state index is 0.299. The molecule has 1 atom stereocenters. The molecule has 0 aromatic heterocycles. The van der Waals surface area contributed by atoms with Gasteiger partial charge in [-0.1, -0.05) is 6.08 Å². The lowest BCUT2D eigenvalue weighted by Gasteiger charge is -2.30. The molecule has 7 nitrogen and oxygen atoms in total. The van der Waals surface area contributed by atoms with Gasteiger partial charge in [0.2, 0.25) is 0 Å². The van der Waals surface area contributed by atoms with Crippen LogP contribution in [0.3, 0.4) is 0 Å². The van der Waals surface area contributed by atoms with Crippen LogP contribution in [0.15, 0.2) is 12.3 Å². The van der Waals surface area contributed by atoms with Crippen LogP contribution in [-0.2, 0) is 9.36 Å².